The normalized spacial score (nSPS) is 12.8. The molecule has 0 aliphatic heterocycles. The third kappa shape index (κ3) is 5.72. The summed E-state index contributed by atoms with van der Waals surface area (Å²) in [5, 5.41) is 3.53. The zero-order chi connectivity index (χ0) is 13.2. The van der Waals surface area contributed by atoms with Gasteiger partial charge >= 0.3 is 0 Å². The van der Waals surface area contributed by atoms with Gasteiger partial charge in [0.1, 0.15) is 0 Å². The molecule has 0 radical (unpaired) electrons. The van der Waals surface area contributed by atoms with Gasteiger partial charge < -0.3 is 9.88 Å². The van der Waals surface area contributed by atoms with E-state index in [0.29, 0.717) is 6.04 Å². The van der Waals surface area contributed by atoms with E-state index in [9.17, 15) is 0 Å². The van der Waals surface area contributed by atoms with Crippen molar-refractivity contribution in [1.82, 2.24) is 9.88 Å². The third-order valence-corrected chi connectivity index (χ3v) is 3.49. The van der Waals surface area contributed by atoms with Gasteiger partial charge in [-0.15, -0.1) is 0 Å². The summed E-state index contributed by atoms with van der Waals surface area (Å²) in [5.41, 5.74) is 1.41. The van der Waals surface area contributed by atoms with Crippen LogP contribution in [0.15, 0.2) is 18.5 Å². The van der Waals surface area contributed by atoms with Crippen molar-refractivity contribution in [2.75, 3.05) is 6.54 Å². The molecule has 1 N–H and O–H groups in total. The Morgan fingerprint density at radius 3 is 2.61 bits per heavy atom. The zero-order valence-electron chi connectivity index (χ0n) is 12.4. The van der Waals surface area contributed by atoms with Crippen LogP contribution < -0.4 is 5.32 Å². The van der Waals surface area contributed by atoms with Gasteiger partial charge in [0, 0.05) is 25.0 Å². The van der Waals surface area contributed by atoms with Gasteiger partial charge in [-0.1, -0.05) is 39.5 Å². The second-order valence-electron chi connectivity index (χ2n) is 5.27. The van der Waals surface area contributed by atoms with Crippen molar-refractivity contribution in [1.29, 1.82) is 0 Å². The summed E-state index contributed by atoms with van der Waals surface area (Å²) >= 11 is 0. The number of nitrogens with one attached hydrogen (secondary N) is 1. The molecule has 0 fully saturated rings. The van der Waals surface area contributed by atoms with E-state index < -0.39 is 0 Å². The predicted molar refractivity (Wildman–Crippen MR) is 79.9 cm³/mol. The Morgan fingerprint density at radius 1 is 1.11 bits per heavy atom. The summed E-state index contributed by atoms with van der Waals surface area (Å²) in [4.78, 5) is 0. The minimum Gasteiger partial charge on any atom is -0.354 e. The van der Waals surface area contributed by atoms with Crippen LogP contribution in [0, 0.1) is 0 Å². The van der Waals surface area contributed by atoms with Crippen molar-refractivity contribution >= 4 is 0 Å². The molecule has 1 aromatic rings. The Bertz CT molecular complexity index is 304. The third-order valence-electron chi connectivity index (χ3n) is 3.49. The molecular weight excluding hydrogens is 220 g/mol. The maximum Gasteiger partial charge on any atom is 0.0306 e. The number of hydrogen-bond donors (Lipinski definition) is 1. The first-order valence-corrected chi connectivity index (χ1v) is 7.67. The van der Waals surface area contributed by atoms with Crippen molar-refractivity contribution in [3.05, 3.63) is 24.0 Å². The molecule has 1 rings (SSSR count). The average Bonchev–Trinajstić information content (AvgIpc) is 2.84. The van der Waals surface area contributed by atoms with Gasteiger partial charge in [0.25, 0.3) is 0 Å². The number of rotatable bonds is 10. The summed E-state index contributed by atoms with van der Waals surface area (Å²) in [5.74, 6) is 0. The summed E-state index contributed by atoms with van der Waals surface area (Å²) in [7, 11) is 0. The minimum absolute atomic E-state index is 0.478. The monoisotopic (exact) mass is 250 g/mol. The Balaban J connectivity index is 2.25. The van der Waals surface area contributed by atoms with Gasteiger partial charge in [-0.05, 0) is 37.9 Å². The van der Waals surface area contributed by atoms with Gasteiger partial charge in [-0.3, -0.25) is 0 Å². The highest BCUT2D eigenvalue weighted by Gasteiger charge is 2.05. The highest BCUT2D eigenvalue weighted by Crippen LogP contribution is 2.13. The molecule has 0 aliphatic rings. The minimum atomic E-state index is 0.478. The number of unbranched alkanes of at least 4 members (excludes halogenated alkanes) is 4. The van der Waals surface area contributed by atoms with Gasteiger partial charge in [0.2, 0.25) is 0 Å². The molecule has 1 atom stereocenters. The van der Waals surface area contributed by atoms with Crippen LogP contribution in [0.5, 0.6) is 0 Å². The van der Waals surface area contributed by atoms with Gasteiger partial charge in [-0.2, -0.15) is 0 Å². The molecule has 0 spiro atoms. The van der Waals surface area contributed by atoms with Crippen molar-refractivity contribution in [3.63, 3.8) is 0 Å². The molecular formula is C16H30N2. The summed E-state index contributed by atoms with van der Waals surface area (Å²) < 4.78 is 2.34. The highest BCUT2D eigenvalue weighted by atomic mass is 15.0. The van der Waals surface area contributed by atoms with Crippen LogP contribution >= 0.6 is 0 Å². The Morgan fingerprint density at radius 2 is 1.89 bits per heavy atom. The Kier molecular flexibility index (Phi) is 7.83. The van der Waals surface area contributed by atoms with Gasteiger partial charge in [-0.25, -0.2) is 0 Å². The molecule has 1 aromatic heterocycles. The molecule has 1 unspecified atom stereocenters. The van der Waals surface area contributed by atoms with E-state index in [0.717, 1.165) is 6.54 Å². The molecule has 0 amide bonds. The lowest BCUT2D eigenvalue weighted by Gasteiger charge is -2.11. The topological polar surface area (TPSA) is 17.0 Å². The fourth-order valence-corrected chi connectivity index (χ4v) is 2.23. The lowest BCUT2D eigenvalue weighted by Crippen LogP contribution is -2.18. The number of aromatic nitrogens is 1. The molecule has 0 aliphatic carbocycles. The van der Waals surface area contributed by atoms with E-state index in [4.69, 9.17) is 0 Å². The van der Waals surface area contributed by atoms with Crippen molar-refractivity contribution in [2.24, 2.45) is 0 Å². The number of nitrogens with zero attached hydrogens (tertiary/aromatic N) is 1. The van der Waals surface area contributed by atoms with E-state index in [1.807, 2.05) is 0 Å². The molecule has 104 valence electrons. The van der Waals surface area contributed by atoms with Crippen LogP contribution in [0.25, 0.3) is 0 Å². The van der Waals surface area contributed by atoms with Crippen molar-refractivity contribution in [2.45, 2.75) is 71.9 Å². The molecule has 0 saturated carbocycles. The SMILES string of the molecule is CCCCCCCn1ccc(C(C)NCCC)c1. The summed E-state index contributed by atoms with van der Waals surface area (Å²) in [6, 6.07) is 2.73. The predicted octanol–water partition coefficient (Wildman–Crippen LogP) is 4.52. The van der Waals surface area contributed by atoms with Crippen LogP contribution in [0.4, 0.5) is 0 Å². The van der Waals surface area contributed by atoms with Crippen LogP contribution in [0.2, 0.25) is 0 Å². The first-order chi connectivity index (χ1) is 8.77. The molecule has 0 aromatic carbocycles. The van der Waals surface area contributed by atoms with Crippen LogP contribution in [-0.4, -0.2) is 11.1 Å². The Labute approximate surface area is 113 Å². The summed E-state index contributed by atoms with van der Waals surface area (Å²) in [6.07, 6.45) is 12.5. The fraction of sp³-hybridized carbons (Fsp3) is 0.750. The van der Waals surface area contributed by atoms with Crippen molar-refractivity contribution < 1.29 is 0 Å². The highest BCUT2D eigenvalue weighted by molar-refractivity contribution is 5.14. The first kappa shape index (κ1) is 15.3. The van der Waals surface area contributed by atoms with Gasteiger partial charge in [0.05, 0.1) is 0 Å². The maximum atomic E-state index is 3.53. The van der Waals surface area contributed by atoms with Gasteiger partial charge in [0.15, 0.2) is 0 Å². The standard InChI is InChI=1S/C16H30N2/c1-4-6-7-8-9-12-18-13-10-16(14-18)15(3)17-11-5-2/h10,13-15,17H,4-9,11-12H2,1-3H3. The number of aryl methyl sites for hydroxylation is 1. The average molecular weight is 250 g/mol. The quantitative estimate of drug-likeness (QED) is 0.604. The van der Waals surface area contributed by atoms with E-state index in [1.54, 1.807) is 0 Å². The van der Waals surface area contributed by atoms with E-state index in [1.165, 1.54) is 50.6 Å². The van der Waals surface area contributed by atoms with E-state index in [2.05, 4.69) is 49.1 Å². The summed E-state index contributed by atoms with van der Waals surface area (Å²) in [6.45, 7) is 8.99. The fourth-order valence-electron chi connectivity index (χ4n) is 2.23. The zero-order valence-corrected chi connectivity index (χ0v) is 12.4. The molecule has 0 bridgehead atoms. The van der Waals surface area contributed by atoms with Crippen molar-refractivity contribution in [3.8, 4) is 0 Å². The lowest BCUT2D eigenvalue weighted by molar-refractivity contribution is 0.557. The van der Waals surface area contributed by atoms with Crippen LogP contribution in [-0.2, 0) is 6.54 Å². The molecule has 18 heavy (non-hydrogen) atoms. The molecule has 2 heteroatoms. The maximum absolute atomic E-state index is 3.53. The Hall–Kier alpha value is -0.760. The molecule has 2 nitrogen and oxygen atoms in total. The second-order valence-corrected chi connectivity index (χ2v) is 5.27. The number of hydrogen-bond acceptors (Lipinski definition) is 1. The van der Waals surface area contributed by atoms with E-state index >= 15 is 0 Å². The van der Waals surface area contributed by atoms with Crippen LogP contribution in [0.1, 0.15) is 70.9 Å². The first-order valence-electron chi connectivity index (χ1n) is 7.67. The second kappa shape index (κ2) is 9.21. The van der Waals surface area contributed by atoms with Crippen LogP contribution in [0.3, 0.4) is 0 Å². The largest absolute Gasteiger partial charge is 0.354 e. The molecule has 0 saturated heterocycles. The molecule has 1 heterocycles. The van der Waals surface area contributed by atoms with E-state index in [-0.39, 0.29) is 0 Å². The smallest absolute Gasteiger partial charge is 0.0306 e. The lowest BCUT2D eigenvalue weighted by atomic mass is 10.1.